The summed E-state index contributed by atoms with van der Waals surface area (Å²) >= 11 is 0. The van der Waals surface area contributed by atoms with Gasteiger partial charge in [0.2, 0.25) is 5.95 Å². The Labute approximate surface area is 155 Å². The van der Waals surface area contributed by atoms with Crippen LogP contribution >= 0.6 is 0 Å². The number of rotatable bonds is 7. The molecule has 7 heteroatoms. The highest BCUT2D eigenvalue weighted by molar-refractivity contribution is 5.58. The van der Waals surface area contributed by atoms with Gasteiger partial charge < -0.3 is 10.6 Å². The van der Waals surface area contributed by atoms with Gasteiger partial charge in [-0.25, -0.2) is 18.2 Å². The van der Waals surface area contributed by atoms with Crippen LogP contribution in [0.15, 0.2) is 48.5 Å². The number of benzene rings is 2. The molecule has 1 heterocycles. The maximum atomic E-state index is 13.8. The highest BCUT2D eigenvalue weighted by Gasteiger charge is 2.14. The Morgan fingerprint density at radius 3 is 2.48 bits per heavy atom. The van der Waals surface area contributed by atoms with Gasteiger partial charge in [-0.2, -0.15) is 4.98 Å². The molecule has 0 radical (unpaired) electrons. The van der Waals surface area contributed by atoms with Gasteiger partial charge in [-0.15, -0.1) is 0 Å². The Balaban J connectivity index is 1.63. The standard InChI is InChI=1S/C20H19F3N4/c1-13-12-17(26-16-10-9-15(21)18(22)19(16)23)27-20(25-13)24-11-5-8-14-6-3-2-4-7-14/h2-4,6-7,9-10,12H,5,8,11H2,1H3,(H2,24,25,26,27). The summed E-state index contributed by atoms with van der Waals surface area (Å²) in [6, 6.07) is 13.7. The van der Waals surface area contributed by atoms with Crippen LogP contribution in [0.5, 0.6) is 0 Å². The zero-order valence-electron chi connectivity index (χ0n) is 14.8. The molecule has 0 saturated carbocycles. The van der Waals surface area contributed by atoms with Gasteiger partial charge in [0.25, 0.3) is 0 Å². The molecule has 27 heavy (non-hydrogen) atoms. The zero-order chi connectivity index (χ0) is 19.2. The molecule has 2 aromatic carbocycles. The van der Waals surface area contributed by atoms with Crippen LogP contribution in [-0.4, -0.2) is 16.5 Å². The summed E-state index contributed by atoms with van der Waals surface area (Å²) in [7, 11) is 0. The van der Waals surface area contributed by atoms with Crippen molar-refractivity contribution in [1.82, 2.24) is 9.97 Å². The molecule has 140 valence electrons. The summed E-state index contributed by atoms with van der Waals surface area (Å²) in [5.74, 6) is -3.38. The minimum Gasteiger partial charge on any atom is -0.354 e. The molecule has 0 spiro atoms. The minimum atomic E-state index is -1.52. The molecule has 4 nitrogen and oxygen atoms in total. The second-order valence-electron chi connectivity index (χ2n) is 6.08. The maximum Gasteiger partial charge on any atom is 0.224 e. The lowest BCUT2D eigenvalue weighted by Gasteiger charge is -2.11. The highest BCUT2D eigenvalue weighted by Crippen LogP contribution is 2.23. The molecule has 0 aliphatic rings. The fourth-order valence-corrected chi connectivity index (χ4v) is 2.61. The third-order valence-electron chi connectivity index (χ3n) is 3.92. The smallest absolute Gasteiger partial charge is 0.224 e. The van der Waals surface area contributed by atoms with E-state index >= 15 is 0 Å². The first-order valence-corrected chi connectivity index (χ1v) is 8.57. The monoisotopic (exact) mass is 372 g/mol. The number of hydrogen-bond acceptors (Lipinski definition) is 4. The number of nitrogens with one attached hydrogen (secondary N) is 2. The van der Waals surface area contributed by atoms with Crippen LogP contribution in [0.1, 0.15) is 17.7 Å². The second-order valence-corrected chi connectivity index (χ2v) is 6.08. The Morgan fingerprint density at radius 2 is 1.70 bits per heavy atom. The molecule has 0 fully saturated rings. The summed E-state index contributed by atoms with van der Waals surface area (Å²) < 4.78 is 40.2. The average Bonchev–Trinajstić information content (AvgIpc) is 2.66. The summed E-state index contributed by atoms with van der Waals surface area (Å²) in [6.45, 7) is 2.43. The van der Waals surface area contributed by atoms with E-state index in [0.717, 1.165) is 25.0 Å². The van der Waals surface area contributed by atoms with Crippen molar-refractivity contribution < 1.29 is 13.2 Å². The Morgan fingerprint density at radius 1 is 0.926 bits per heavy atom. The largest absolute Gasteiger partial charge is 0.354 e. The number of aromatic nitrogens is 2. The van der Waals surface area contributed by atoms with E-state index in [4.69, 9.17) is 0 Å². The summed E-state index contributed by atoms with van der Waals surface area (Å²) in [6.07, 6.45) is 1.81. The molecule has 3 aromatic rings. The predicted molar refractivity (Wildman–Crippen MR) is 99.6 cm³/mol. The first kappa shape index (κ1) is 18.7. The van der Waals surface area contributed by atoms with Crippen LogP contribution in [-0.2, 0) is 6.42 Å². The summed E-state index contributed by atoms with van der Waals surface area (Å²) in [5.41, 5.74) is 1.71. The molecular weight excluding hydrogens is 353 g/mol. The molecule has 0 saturated heterocycles. The van der Waals surface area contributed by atoms with Gasteiger partial charge in [-0.05, 0) is 37.5 Å². The van der Waals surface area contributed by atoms with Crippen molar-refractivity contribution in [3.05, 3.63) is 77.2 Å². The number of halogens is 3. The third kappa shape index (κ3) is 4.97. The van der Waals surface area contributed by atoms with Gasteiger partial charge >= 0.3 is 0 Å². The van der Waals surface area contributed by atoms with Crippen molar-refractivity contribution in [1.29, 1.82) is 0 Å². The lowest BCUT2D eigenvalue weighted by molar-refractivity contribution is 0.449. The number of nitrogens with zero attached hydrogens (tertiary/aromatic N) is 2. The number of aryl methyl sites for hydroxylation is 2. The van der Waals surface area contributed by atoms with Gasteiger partial charge in [0.1, 0.15) is 5.82 Å². The van der Waals surface area contributed by atoms with Gasteiger partial charge in [0, 0.05) is 18.3 Å². The normalized spacial score (nSPS) is 10.7. The molecule has 0 aliphatic heterocycles. The van der Waals surface area contributed by atoms with E-state index in [1.807, 2.05) is 18.2 Å². The van der Waals surface area contributed by atoms with E-state index in [1.165, 1.54) is 5.56 Å². The molecule has 2 N–H and O–H groups in total. The Hall–Kier alpha value is -3.09. The molecule has 3 rings (SSSR count). The maximum absolute atomic E-state index is 13.8. The van der Waals surface area contributed by atoms with E-state index < -0.39 is 17.5 Å². The SMILES string of the molecule is Cc1cc(Nc2ccc(F)c(F)c2F)nc(NCCCc2ccccc2)n1. The molecular formula is C20H19F3N4. The first-order valence-electron chi connectivity index (χ1n) is 8.57. The first-order chi connectivity index (χ1) is 13.0. The van der Waals surface area contributed by atoms with Crippen LogP contribution in [0, 0.1) is 24.4 Å². The third-order valence-corrected chi connectivity index (χ3v) is 3.92. The van der Waals surface area contributed by atoms with E-state index in [9.17, 15) is 13.2 Å². The van der Waals surface area contributed by atoms with Crippen molar-refractivity contribution in [3.8, 4) is 0 Å². The van der Waals surface area contributed by atoms with Crippen LogP contribution in [0.2, 0.25) is 0 Å². The van der Waals surface area contributed by atoms with Crippen LogP contribution in [0.3, 0.4) is 0 Å². The summed E-state index contributed by atoms with van der Waals surface area (Å²) in [4.78, 5) is 8.53. The predicted octanol–water partition coefficient (Wildman–Crippen LogP) is 4.99. The van der Waals surface area contributed by atoms with Crippen molar-refractivity contribution in [3.63, 3.8) is 0 Å². The topological polar surface area (TPSA) is 49.8 Å². The van der Waals surface area contributed by atoms with Gasteiger partial charge in [-0.3, -0.25) is 0 Å². The highest BCUT2D eigenvalue weighted by atomic mass is 19.2. The quantitative estimate of drug-likeness (QED) is 0.453. The van der Waals surface area contributed by atoms with Crippen molar-refractivity contribution in [2.75, 3.05) is 17.2 Å². The zero-order valence-corrected chi connectivity index (χ0v) is 14.8. The molecule has 0 aliphatic carbocycles. The average molecular weight is 372 g/mol. The van der Waals surface area contributed by atoms with Crippen molar-refractivity contribution in [2.24, 2.45) is 0 Å². The van der Waals surface area contributed by atoms with Crippen LogP contribution in [0.25, 0.3) is 0 Å². The van der Waals surface area contributed by atoms with Crippen LogP contribution < -0.4 is 10.6 Å². The lowest BCUT2D eigenvalue weighted by atomic mass is 10.1. The molecule has 0 unspecified atom stereocenters. The van der Waals surface area contributed by atoms with Gasteiger partial charge in [0.15, 0.2) is 17.5 Å². The molecule has 0 bridgehead atoms. The van der Waals surface area contributed by atoms with Crippen LogP contribution in [0.4, 0.5) is 30.6 Å². The molecule has 1 aromatic heterocycles. The number of anilines is 3. The molecule has 0 atom stereocenters. The van der Waals surface area contributed by atoms with Gasteiger partial charge in [0.05, 0.1) is 5.69 Å². The fourth-order valence-electron chi connectivity index (χ4n) is 2.61. The second kappa shape index (κ2) is 8.53. The van der Waals surface area contributed by atoms with Gasteiger partial charge in [-0.1, -0.05) is 30.3 Å². The van der Waals surface area contributed by atoms with E-state index in [-0.39, 0.29) is 11.5 Å². The van der Waals surface area contributed by atoms with E-state index in [1.54, 1.807) is 13.0 Å². The Bertz CT molecular complexity index is 917. The van der Waals surface area contributed by atoms with E-state index in [0.29, 0.717) is 18.2 Å². The molecule has 0 amide bonds. The Kier molecular flexibility index (Phi) is 5.90. The summed E-state index contributed by atoms with van der Waals surface area (Å²) in [5, 5.41) is 5.79. The van der Waals surface area contributed by atoms with E-state index in [2.05, 4.69) is 32.7 Å². The minimum absolute atomic E-state index is 0.193. The van der Waals surface area contributed by atoms with Crippen molar-refractivity contribution in [2.45, 2.75) is 19.8 Å². The number of hydrogen-bond donors (Lipinski definition) is 2. The fraction of sp³-hybridized carbons (Fsp3) is 0.200. The van der Waals surface area contributed by atoms with Crippen molar-refractivity contribution >= 4 is 17.5 Å². The lowest BCUT2D eigenvalue weighted by Crippen LogP contribution is -2.09.